The minimum Gasteiger partial charge on any atom is -0.497 e. The summed E-state index contributed by atoms with van der Waals surface area (Å²) in [4.78, 5) is 18.9. The third-order valence-electron chi connectivity index (χ3n) is 4.54. The maximum absolute atomic E-state index is 12.5. The fraction of sp³-hybridized carbons (Fsp3) is 0.364. The Morgan fingerprint density at radius 2 is 1.97 bits per heavy atom. The van der Waals surface area contributed by atoms with E-state index in [1.54, 1.807) is 42.0 Å². The van der Waals surface area contributed by atoms with Crippen LogP contribution in [0.15, 0.2) is 52.4 Å². The fourth-order valence-electron chi connectivity index (χ4n) is 2.91. The number of thioether (sulfide) groups is 2. The number of fused-ring (bicyclic) bond motifs is 1. The first-order valence-corrected chi connectivity index (χ1v) is 12.8. The Morgan fingerprint density at radius 1 is 1.17 bits per heavy atom. The maximum Gasteiger partial charge on any atom is 0.249 e. The van der Waals surface area contributed by atoms with Crippen molar-refractivity contribution in [1.29, 1.82) is 0 Å². The van der Waals surface area contributed by atoms with Crippen LogP contribution < -0.4 is 9.54 Å². The van der Waals surface area contributed by atoms with E-state index in [0.717, 1.165) is 34.2 Å². The van der Waals surface area contributed by atoms with Gasteiger partial charge in [0.05, 0.1) is 17.3 Å². The molecule has 0 fully saturated rings. The molecular weight excluding hydrogens is 420 g/mol. The van der Waals surface area contributed by atoms with Gasteiger partial charge in [-0.15, -0.1) is 11.8 Å². The van der Waals surface area contributed by atoms with Gasteiger partial charge in [0.15, 0.2) is 4.80 Å². The zero-order valence-corrected chi connectivity index (χ0v) is 19.5. The minimum atomic E-state index is -0.0637. The molecule has 0 N–H and O–H groups in total. The van der Waals surface area contributed by atoms with Crippen LogP contribution in [0.1, 0.15) is 18.9 Å². The van der Waals surface area contributed by atoms with Crippen LogP contribution in [0.5, 0.6) is 5.75 Å². The summed E-state index contributed by atoms with van der Waals surface area (Å²) in [6.45, 7) is 3.02. The van der Waals surface area contributed by atoms with Gasteiger partial charge in [0, 0.05) is 29.4 Å². The lowest BCUT2D eigenvalue weighted by molar-refractivity contribution is -0.117. The summed E-state index contributed by atoms with van der Waals surface area (Å²) in [6.07, 6.45) is 3.53. The van der Waals surface area contributed by atoms with Gasteiger partial charge in [0.25, 0.3) is 0 Å². The number of thiazole rings is 1. The van der Waals surface area contributed by atoms with E-state index >= 15 is 0 Å². The van der Waals surface area contributed by atoms with Crippen LogP contribution in [0.2, 0.25) is 0 Å². The first-order valence-electron chi connectivity index (χ1n) is 9.60. The highest BCUT2D eigenvalue weighted by Gasteiger charge is 2.09. The molecule has 0 bridgehead atoms. The number of ether oxygens (including phenoxy) is 1. The summed E-state index contributed by atoms with van der Waals surface area (Å²) in [6, 6.07) is 14.4. The average molecular weight is 447 g/mol. The van der Waals surface area contributed by atoms with Crippen molar-refractivity contribution in [3.05, 3.63) is 52.8 Å². The van der Waals surface area contributed by atoms with Gasteiger partial charge < -0.3 is 9.30 Å². The van der Waals surface area contributed by atoms with Crippen LogP contribution in [0.4, 0.5) is 0 Å². The van der Waals surface area contributed by atoms with Crippen molar-refractivity contribution in [1.82, 2.24) is 4.57 Å². The normalized spacial score (nSPS) is 11.9. The first-order chi connectivity index (χ1) is 14.1. The lowest BCUT2D eigenvalue weighted by atomic mass is 10.2. The molecule has 0 unspecified atom stereocenters. The Morgan fingerprint density at radius 3 is 2.66 bits per heavy atom. The summed E-state index contributed by atoms with van der Waals surface area (Å²) < 4.78 is 8.56. The van der Waals surface area contributed by atoms with E-state index in [2.05, 4.69) is 40.9 Å². The van der Waals surface area contributed by atoms with Gasteiger partial charge in [-0.2, -0.15) is 16.8 Å². The van der Waals surface area contributed by atoms with Gasteiger partial charge in [-0.1, -0.05) is 24.3 Å². The Hall–Kier alpha value is -1.70. The molecule has 29 heavy (non-hydrogen) atoms. The molecule has 154 valence electrons. The van der Waals surface area contributed by atoms with Crippen molar-refractivity contribution in [3.8, 4) is 5.75 Å². The summed E-state index contributed by atoms with van der Waals surface area (Å²) in [5.74, 6) is 2.48. The number of rotatable bonds is 9. The maximum atomic E-state index is 12.5. The molecule has 1 heterocycles. The van der Waals surface area contributed by atoms with Crippen LogP contribution in [0.25, 0.3) is 10.2 Å². The molecule has 0 aliphatic rings. The van der Waals surface area contributed by atoms with E-state index in [0.29, 0.717) is 12.2 Å². The molecule has 0 saturated carbocycles. The Kier molecular flexibility index (Phi) is 8.27. The summed E-state index contributed by atoms with van der Waals surface area (Å²) in [5.41, 5.74) is 2.48. The van der Waals surface area contributed by atoms with Crippen molar-refractivity contribution < 1.29 is 9.53 Å². The largest absolute Gasteiger partial charge is 0.497 e. The van der Waals surface area contributed by atoms with Crippen molar-refractivity contribution in [3.63, 3.8) is 0 Å². The van der Waals surface area contributed by atoms with E-state index < -0.39 is 0 Å². The van der Waals surface area contributed by atoms with E-state index in [1.807, 2.05) is 24.3 Å². The molecule has 7 heteroatoms. The highest BCUT2D eigenvalue weighted by molar-refractivity contribution is 7.99. The lowest BCUT2D eigenvalue weighted by Crippen LogP contribution is -2.18. The number of methoxy groups -OCH3 is 1. The van der Waals surface area contributed by atoms with Crippen LogP contribution in [0, 0.1) is 0 Å². The number of aromatic nitrogens is 1. The van der Waals surface area contributed by atoms with Gasteiger partial charge >= 0.3 is 0 Å². The van der Waals surface area contributed by atoms with Gasteiger partial charge in [-0.05, 0) is 54.6 Å². The predicted octanol–water partition coefficient (Wildman–Crippen LogP) is 5.25. The highest BCUT2D eigenvalue weighted by atomic mass is 32.2. The second kappa shape index (κ2) is 10.9. The predicted molar refractivity (Wildman–Crippen MR) is 126 cm³/mol. The van der Waals surface area contributed by atoms with Crippen LogP contribution >= 0.6 is 34.9 Å². The number of nitrogens with zero attached hydrogens (tertiary/aromatic N) is 2. The lowest BCUT2D eigenvalue weighted by Gasteiger charge is -2.04. The van der Waals surface area contributed by atoms with Gasteiger partial charge in [-0.25, -0.2) is 0 Å². The SMILES string of the molecule is CCc1ccc2c(c1)sc(=NC(=O)CCSc1ccc(OC)cc1)n2CCSC. The molecule has 0 spiro atoms. The fourth-order valence-corrected chi connectivity index (χ4v) is 5.26. The molecule has 0 aliphatic carbocycles. The molecule has 0 atom stereocenters. The van der Waals surface area contributed by atoms with Crippen molar-refractivity contribution in [2.24, 2.45) is 4.99 Å². The summed E-state index contributed by atoms with van der Waals surface area (Å²) in [7, 11) is 1.66. The smallest absolute Gasteiger partial charge is 0.249 e. The number of benzene rings is 2. The number of hydrogen-bond acceptors (Lipinski definition) is 5. The number of aryl methyl sites for hydroxylation is 2. The molecule has 4 nitrogen and oxygen atoms in total. The van der Waals surface area contributed by atoms with Crippen LogP contribution in [0.3, 0.4) is 0 Å². The van der Waals surface area contributed by atoms with Gasteiger partial charge in [-0.3, -0.25) is 4.79 Å². The molecule has 0 radical (unpaired) electrons. The Balaban J connectivity index is 1.73. The molecule has 2 aromatic carbocycles. The molecule has 0 aliphatic heterocycles. The highest BCUT2D eigenvalue weighted by Crippen LogP contribution is 2.22. The van der Waals surface area contributed by atoms with E-state index in [4.69, 9.17) is 4.74 Å². The zero-order chi connectivity index (χ0) is 20.6. The molecule has 3 rings (SSSR count). The standard InChI is InChI=1S/C22H26N2O2S3/c1-4-16-5-10-19-20(15-16)29-22(24(19)12-14-27-3)23-21(25)11-13-28-18-8-6-17(26-2)7-9-18/h5-10,15H,4,11-14H2,1-3H3. The molecule has 1 aromatic heterocycles. The van der Waals surface area contributed by atoms with E-state index in [9.17, 15) is 4.79 Å². The minimum absolute atomic E-state index is 0.0637. The quantitative estimate of drug-likeness (QED) is 0.421. The van der Waals surface area contributed by atoms with Crippen LogP contribution in [-0.2, 0) is 17.8 Å². The second-order valence-electron chi connectivity index (χ2n) is 6.46. The summed E-state index contributed by atoms with van der Waals surface area (Å²) >= 11 is 5.08. The average Bonchev–Trinajstić information content (AvgIpc) is 3.08. The van der Waals surface area contributed by atoms with Gasteiger partial charge in [0.1, 0.15) is 5.75 Å². The summed E-state index contributed by atoms with van der Waals surface area (Å²) in [5, 5.41) is 0. The van der Waals surface area contributed by atoms with Crippen LogP contribution in [-0.4, -0.2) is 35.3 Å². The zero-order valence-electron chi connectivity index (χ0n) is 17.0. The number of carbonyl (C=O) groups is 1. The number of amides is 1. The molecule has 1 amide bonds. The third-order valence-corrected chi connectivity index (χ3v) is 7.18. The molecule has 0 saturated heterocycles. The molecule has 3 aromatic rings. The number of carbonyl (C=O) groups excluding carboxylic acids is 1. The Labute approximate surface area is 184 Å². The Bertz CT molecular complexity index is 1020. The van der Waals surface area contributed by atoms with Crippen molar-refractivity contribution >= 4 is 51.0 Å². The molecular formula is C22H26N2O2S3. The monoisotopic (exact) mass is 446 g/mol. The topological polar surface area (TPSA) is 43.6 Å². The van der Waals surface area contributed by atoms with E-state index in [1.165, 1.54) is 15.8 Å². The third kappa shape index (κ3) is 5.90. The van der Waals surface area contributed by atoms with Crippen molar-refractivity contribution in [2.45, 2.75) is 31.2 Å². The first kappa shape index (κ1) is 22.0. The second-order valence-corrected chi connectivity index (χ2v) is 9.63. The van der Waals surface area contributed by atoms with Crippen molar-refractivity contribution in [2.75, 3.05) is 24.9 Å². The number of hydrogen-bond donors (Lipinski definition) is 0. The van der Waals surface area contributed by atoms with E-state index in [-0.39, 0.29) is 5.91 Å². The van der Waals surface area contributed by atoms with Gasteiger partial charge in [0.2, 0.25) is 5.91 Å².